The number of anilines is 1. The zero-order valence-electron chi connectivity index (χ0n) is 15.3. The number of guanidine groups is 1. The highest BCUT2D eigenvalue weighted by atomic mass is 35.5. The number of thiophene rings is 1. The van der Waals surface area contributed by atoms with Crippen LogP contribution in [0.25, 0.3) is 0 Å². The van der Waals surface area contributed by atoms with Crippen LogP contribution in [0, 0.1) is 0 Å². The summed E-state index contributed by atoms with van der Waals surface area (Å²) in [6.07, 6.45) is 0. The van der Waals surface area contributed by atoms with E-state index in [4.69, 9.17) is 11.6 Å². The summed E-state index contributed by atoms with van der Waals surface area (Å²) in [6, 6.07) is 11.9. The predicted molar refractivity (Wildman–Crippen MR) is 113 cm³/mol. The van der Waals surface area contributed by atoms with Crippen molar-refractivity contribution in [1.82, 2.24) is 15.5 Å². The lowest BCUT2D eigenvalue weighted by Gasteiger charge is -2.36. The van der Waals surface area contributed by atoms with E-state index in [2.05, 4.69) is 26.6 Å². The van der Waals surface area contributed by atoms with Crippen LogP contribution in [0.5, 0.6) is 0 Å². The molecule has 1 aromatic heterocycles. The lowest BCUT2D eigenvalue weighted by molar-refractivity contribution is -0.130. The fraction of sp³-hybridized carbons (Fsp3) is 0.368. The summed E-state index contributed by atoms with van der Waals surface area (Å²) >= 11 is 7.64. The summed E-state index contributed by atoms with van der Waals surface area (Å²) in [5, 5.41) is 9.10. The number of rotatable bonds is 5. The molecule has 0 bridgehead atoms. The van der Waals surface area contributed by atoms with Crippen LogP contribution in [0.4, 0.5) is 5.69 Å². The van der Waals surface area contributed by atoms with Gasteiger partial charge in [-0.15, -0.1) is 11.3 Å². The van der Waals surface area contributed by atoms with E-state index >= 15 is 0 Å². The molecule has 27 heavy (non-hydrogen) atoms. The molecule has 1 aliphatic rings. The molecule has 144 valence electrons. The number of amides is 1. The normalized spacial score (nSPS) is 15.0. The van der Waals surface area contributed by atoms with E-state index in [1.165, 1.54) is 4.88 Å². The smallest absolute Gasteiger partial charge is 0.242 e. The maximum atomic E-state index is 12.5. The fourth-order valence-corrected chi connectivity index (χ4v) is 3.71. The Kier molecular flexibility index (Phi) is 6.95. The molecule has 0 saturated carbocycles. The van der Waals surface area contributed by atoms with Gasteiger partial charge in [0.15, 0.2) is 5.96 Å². The van der Waals surface area contributed by atoms with Gasteiger partial charge < -0.3 is 20.4 Å². The van der Waals surface area contributed by atoms with Gasteiger partial charge in [0, 0.05) is 48.8 Å². The number of aliphatic imine (C=N–C) groups is 1. The molecule has 0 unspecified atom stereocenters. The number of hydrogen-bond donors (Lipinski definition) is 2. The number of nitrogens with zero attached hydrogens (tertiary/aromatic N) is 3. The third-order valence-electron chi connectivity index (χ3n) is 4.46. The summed E-state index contributed by atoms with van der Waals surface area (Å²) < 4.78 is 0. The van der Waals surface area contributed by atoms with E-state index in [9.17, 15) is 4.79 Å². The maximum absolute atomic E-state index is 12.5. The van der Waals surface area contributed by atoms with Gasteiger partial charge in [-0.25, -0.2) is 0 Å². The molecule has 1 saturated heterocycles. The van der Waals surface area contributed by atoms with E-state index < -0.39 is 0 Å². The molecule has 2 aromatic rings. The predicted octanol–water partition coefficient (Wildman–Crippen LogP) is 2.42. The van der Waals surface area contributed by atoms with Crippen molar-refractivity contribution in [3.8, 4) is 0 Å². The van der Waals surface area contributed by atoms with E-state index in [-0.39, 0.29) is 12.5 Å². The molecular formula is C19H24ClN5OS. The molecule has 1 aromatic carbocycles. The lowest BCUT2D eigenvalue weighted by atomic mass is 10.2. The average molecular weight is 406 g/mol. The summed E-state index contributed by atoms with van der Waals surface area (Å²) in [4.78, 5) is 22.1. The highest BCUT2D eigenvalue weighted by Gasteiger charge is 2.21. The summed E-state index contributed by atoms with van der Waals surface area (Å²) in [5.41, 5.74) is 1.14. The molecule has 8 heteroatoms. The van der Waals surface area contributed by atoms with Crippen molar-refractivity contribution in [2.24, 2.45) is 4.99 Å². The number of benzene rings is 1. The maximum Gasteiger partial charge on any atom is 0.242 e. The van der Waals surface area contributed by atoms with Gasteiger partial charge >= 0.3 is 0 Å². The first-order chi connectivity index (χ1) is 13.2. The first kappa shape index (κ1) is 19.5. The average Bonchev–Trinajstić information content (AvgIpc) is 3.22. The zero-order valence-corrected chi connectivity index (χ0v) is 16.9. The van der Waals surface area contributed by atoms with Crippen molar-refractivity contribution in [3.63, 3.8) is 0 Å². The minimum absolute atomic E-state index is 0.0878. The number of carbonyl (C=O) groups excluding carboxylic acids is 1. The quantitative estimate of drug-likeness (QED) is 0.592. The van der Waals surface area contributed by atoms with Gasteiger partial charge in [0.25, 0.3) is 0 Å². The van der Waals surface area contributed by atoms with Crippen molar-refractivity contribution >= 4 is 40.5 Å². The largest absolute Gasteiger partial charge is 0.368 e. The molecule has 3 rings (SSSR count). The summed E-state index contributed by atoms with van der Waals surface area (Å²) in [6.45, 7) is 4.00. The molecule has 0 spiro atoms. The van der Waals surface area contributed by atoms with Crippen LogP contribution in [0.2, 0.25) is 5.02 Å². The SMILES string of the molecule is CN=C(NCC(=O)N1CCN(c2ccc(Cl)cc2)CC1)NCc1cccs1. The topological polar surface area (TPSA) is 60.0 Å². The molecule has 2 heterocycles. The van der Waals surface area contributed by atoms with Crippen molar-refractivity contribution in [3.05, 3.63) is 51.7 Å². The van der Waals surface area contributed by atoms with Crippen molar-refractivity contribution < 1.29 is 4.79 Å². The van der Waals surface area contributed by atoms with Gasteiger partial charge in [0.05, 0.1) is 13.1 Å². The molecule has 1 aliphatic heterocycles. The van der Waals surface area contributed by atoms with Gasteiger partial charge in [-0.05, 0) is 35.7 Å². The van der Waals surface area contributed by atoms with Crippen LogP contribution in [0.15, 0.2) is 46.8 Å². The first-order valence-electron chi connectivity index (χ1n) is 8.91. The Balaban J connectivity index is 1.41. The Labute approximate surface area is 168 Å². The minimum Gasteiger partial charge on any atom is -0.368 e. The zero-order chi connectivity index (χ0) is 19.1. The van der Waals surface area contributed by atoms with Crippen LogP contribution in [0.1, 0.15) is 4.88 Å². The Morgan fingerprint density at radius 1 is 1.15 bits per heavy atom. The number of halogens is 1. The Bertz CT molecular complexity index is 755. The minimum atomic E-state index is 0.0878. The van der Waals surface area contributed by atoms with E-state index in [1.54, 1.807) is 18.4 Å². The van der Waals surface area contributed by atoms with Crippen LogP contribution in [-0.2, 0) is 11.3 Å². The molecule has 1 fully saturated rings. The third kappa shape index (κ3) is 5.61. The van der Waals surface area contributed by atoms with Gasteiger partial charge in [0.1, 0.15) is 0 Å². The molecule has 6 nitrogen and oxygen atoms in total. The second-order valence-electron chi connectivity index (χ2n) is 6.20. The molecule has 0 aliphatic carbocycles. The third-order valence-corrected chi connectivity index (χ3v) is 5.59. The van der Waals surface area contributed by atoms with Crippen LogP contribution in [0.3, 0.4) is 0 Å². The molecule has 1 amide bonds. The molecule has 2 N–H and O–H groups in total. The fourth-order valence-electron chi connectivity index (χ4n) is 2.94. The molecule has 0 atom stereocenters. The van der Waals surface area contributed by atoms with E-state index in [0.29, 0.717) is 25.6 Å². The summed E-state index contributed by atoms with van der Waals surface area (Å²) in [7, 11) is 1.71. The van der Waals surface area contributed by atoms with Gasteiger partial charge in [-0.3, -0.25) is 9.79 Å². The Morgan fingerprint density at radius 3 is 2.52 bits per heavy atom. The molecular weight excluding hydrogens is 382 g/mol. The van der Waals surface area contributed by atoms with Crippen molar-refractivity contribution in [2.45, 2.75) is 6.54 Å². The van der Waals surface area contributed by atoms with Crippen molar-refractivity contribution in [1.29, 1.82) is 0 Å². The second kappa shape index (κ2) is 9.62. The second-order valence-corrected chi connectivity index (χ2v) is 7.67. The highest BCUT2D eigenvalue weighted by molar-refractivity contribution is 7.09. The van der Waals surface area contributed by atoms with Crippen LogP contribution < -0.4 is 15.5 Å². The van der Waals surface area contributed by atoms with E-state index in [0.717, 1.165) is 23.8 Å². The van der Waals surface area contributed by atoms with E-state index in [1.807, 2.05) is 40.6 Å². The lowest BCUT2D eigenvalue weighted by Crippen LogP contribution is -2.52. The van der Waals surface area contributed by atoms with Crippen LogP contribution >= 0.6 is 22.9 Å². The summed E-state index contributed by atoms with van der Waals surface area (Å²) in [5.74, 6) is 0.723. The number of nitrogens with one attached hydrogen (secondary N) is 2. The number of hydrogen-bond acceptors (Lipinski definition) is 4. The first-order valence-corrected chi connectivity index (χ1v) is 10.2. The monoisotopic (exact) mass is 405 g/mol. The van der Waals surface area contributed by atoms with Gasteiger partial charge in [-0.1, -0.05) is 17.7 Å². The Hall–Kier alpha value is -2.25. The number of piperazine rings is 1. The van der Waals surface area contributed by atoms with Gasteiger partial charge in [0.2, 0.25) is 5.91 Å². The standard InChI is InChI=1S/C19H24ClN5OS/c1-21-19(22-13-17-3-2-12-27-17)23-14-18(26)25-10-8-24(9-11-25)16-6-4-15(20)5-7-16/h2-7,12H,8-11,13-14H2,1H3,(H2,21,22,23). The van der Waals surface area contributed by atoms with Gasteiger partial charge in [-0.2, -0.15) is 0 Å². The van der Waals surface area contributed by atoms with Crippen molar-refractivity contribution in [2.75, 3.05) is 44.7 Å². The highest BCUT2D eigenvalue weighted by Crippen LogP contribution is 2.19. The van der Waals surface area contributed by atoms with Crippen LogP contribution in [-0.4, -0.2) is 56.5 Å². The Morgan fingerprint density at radius 2 is 1.89 bits per heavy atom. The molecule has 0 radical (unpaired) electrons. The number of carbonyl (C=O) groups is 1.